The normalized spacial score (nSPS) is 11.9. The summed E-state index contributed by atoms with van der Waals surface area (Å²) < 4.78 is 8.69. The van der Waals surface area contributed by atoms with E-state index in [9.17, 15) is 0 Å². The summed E-state index contributed by atoms with van der Waals surface area (Å²) in [7, 11) is 0. The van der Waals surface area contributed by atoms with E-state index in [0.717, 1.165) is 49.4 Å². The predicted octanol–water partition coefficient (Wildman–Crippen LogP) is 8.90. The maximum absolute atomic E-state index is 6.33. The number of fused-ring (bicyclic) bond motifs is 9. The summed E-state index contributed by atoms with van der Waals surface area (Å²) in [5, 5.41) is 5.63. The Morgan fingerprint density at radius 3 is 2.08 bits per heavy atom. The first kappa shape index (κ1) is 19.4. The molecule has 0 N–H and O–H groups in total. The maximum atomic E-state index is 6.33. The molecule has 0 saturated carbocycles. The van der Waals surface area contributed by atoms with E-state index in [4.69, 9.17) is 9.40 Å². The zero-order valence-electron chi connectivity index (χ0n) is 19.3. The van der Waals surface area contributed by atoms with Gasteiger partial charge in [0.1, 0.15) is 11.1 Å². The van der Waals surface area contributed by atoms with Crippen molar-refractivity contribution in [1.82, 2.24) is 9.55 Å². The second kappa shape index (κ2) is 7.30. The molecule has 3 nitrogen and oxygen atoms in total. The summed E-state index contributed by atoms with van der Waals surface area (Å²) in [5.41, 5.74) is 8.48. The Hall–Kier alpha value is -4.89. The topological polar surface area (TPSA) is 31.0 Å². The van der Waals surface area contributed by atoms with Crippen molar-refractivity contribution in [3.63, 3.8) is 0 Å². The third kappa shape index (κ3) is 2.65. The van der Waals surface area contributed by atoms with E-state index in [1.165, 1.54) is 22.0 Å². The zero-order chi connectivity index (χ0) is 23.6. The number of rotatable bonds is 2. The molecule has 0 aliphatic carbocycles. The van der Waals surface area contributed by atoms with Gasteiger partial charge in [-0.2, -0.15) is 0 Å². The minimum atomic E-state index is 0.840. The lowest BCUT2D eigenvalue weighted by molar-refractivity contribution is 0.671. The summed E-state index contributed by atoms with van der Waals surface area (Å²) in [6.45, 7) is 0. The largest absolute Gasteiger partial charge is 0.454 e. The highest BCUT2D eigenvalue weighted by Gasteiger charge is 2.18. The summed E-state index contributed by atoms with van der Waals surface area (Å²) in [5.74, 6) is 0. The standard InChI is InChI=1S/C33H20N2O/c1-2-8-21(9-3-1)22-14-16-23(17-15-22)35-29-12-6-4-10-24(29)28-20-34-31-27(32(28)35)19-18-26-25-11-5-7-13-30(25)36-33(26)31/h1-20H. The Bertz CT molecular complexity index is 2080. The molecular weight excluding hydrogens is 440 g/mol. The van der Waals surface area contributed by atoms with Crippen LogP contribution in [0.15, 0.2) is 126 Å². The zero-order valence-corrected chi connectivity index (χ0v) is 19.3. The third-order valence-corrected chi connectivity index (χ3v) is 7.25. The number of aromatic nitrogens is 2. The van der Waals surface area contributed by atoms with E-state index in [2.05, 4.69) is 102 Å². The van der Waals surface area contributed by atoms with Crippen molar-refractivity contribution in [2.45, 2.75) is 0 Å². The van der Waals surface area contributed by atoms with Gasteiger partial charge in [0.25, 0.3) is 0 Å². The van der Waals surface area contributed by atoms with Crippen LogP contribution >= 0.6 is 0 Å². The highest BCUT2D eigenvalue weighted by atomic mass is 16.3. The van der Waals surface area contributed by atoms with Crippen LogP contribution in [0, 0.1) is 0 Å². The molecule has 168 valence electrons. The minimum absolute atomic E-state index is 0.840. The Labute approximate surface area is 206 Å². The van der Waals surface area contributed by atoms with Crippen molar-refractivity contribution in [2.24, 2.45) is 0 Å². The molecule has 36 heavy (non-hydrogen) atoms. The van der Waals surface area contributed by atoms with Crippen molar-refractivity contribution >= 4 is 54.6 Å². The molecule has 0 aliphatic heterocycles. The van der Waals surface area contributed by atoms with E-state index >= 15 is 0 Å². The number of pyridine rings is 1. The van der Waals surface area contributed by atoms with Gasteiger partial charge in [-0.05, 0) is 47.5 Å². The molecule has 0 aliphatic rings. The molecule has 8 rings (SSSR count). The molecule has 0 fully saturated rings. The van der Waals surface area contributed by atoms with E-state index in [1.54, 1.807) is 0 Å². The molecular formula is C33H20N2O. The van der Waals surface area contributed by atoms with Gasteiger partial charge in [0.2, 0.25) is 0 Å². The Morgan fingerprint density at radius 1 is 0.528 bits per heavy atom. The van der Waals surface area contributed by atoms with E-state index in [1.807, 2.05) is 24.4 Å². The van der Waals surface area contributed by atoms with E-state index in [0.29, 0.717) is 0 Å². The average Bonchev–Trinajstić information content (AvgIpc) is 3.50. The fourth-order valence-electron chi connectivity index (χ4n) is 5.59. The number of nitrogens with zero attached hydrogens (tertiary/aromatic N) is 2. The third-order valence-electron chi connectivity index (χ3n) is 7.25. The van der Waals surface area contributed by atoms with Crippen LogP contribution in [0.5, 0.6) is 0 Å². The van der Waals surface area contributed by atoms with Gasteiger partial charge in [-0.1, -0.05) is 78.9 Å². The Morgan fingerprint density at radius 2 is 1.22 bits per heavy atom. The van der Waals surface area contributed by atoms with E-state index in [-0.39, 0.29) is 0 Å². The highest BCUT2D eigenvalue weighted by molar-refractivity contribution is 6.23. The van der Waals surface area contributed by atoms with Crippen molar-refractivity contribution < 1.29 is 4.42 Å². The summed E-state index contributed by atoms with van der Waals surface area (Å²) in [6, 6.07) is 40.4. The van der Waals surface area contributed by atoms with Crippen molar-refractivity contribution in [3.8, 4) is 16.8 Å². The van der Waals surface area contributed by atoms with Crippen LogP contribution in [0.1, 0.15) is 0 Å². The van der Waals surface area contributed by atoms with E-state index < -0.39 is 0 Å². The van der Waals surface area contributed by atoms with Crippen molar-refractivity contribution in [1.29, 1.82) is 0 Å². The molecule has 0 unspecified atom stereocenters. The number of hydrogen-bond donors (Lipinski definition) is 0. The molecule has 3 heterocycles. The van der Waals surface area contributed by atoms with Gasteiger partial charge in [-0.15, -0.1) is 0 Å². The van der Waals surface area contributed by atoms with Crippen LogP contribution in [0.25, 0.3) is 71.5 Å². The molecule has 0 radical (unpaired) electrons. The molecule has 0 bridgehead atoms. The predicted molar refractivity (Wildman–Crippen MR) is 149 cm³/mol. The Kier molecular flexibility index (Phi) is 3.94. The second-order valence-corrected chi connectivity index (χ2v) is 9.22. The minimum Gasteiger partial charge on any atom is -0.454 e. The summed E-state index contributed by atoms with van der Waals surface area (Å²) in [4.78, 5) is 4.94. The smallest absolute Gasteiger partial charge is 0.161 e. The lowest BCUT2D eigenvalue weighted by atomic mass is 10.1. The lowest BCUT2D eigenvalue weighted by Crippen LogP contribution is -1.95. The highest BCUT2D eigenvalue weighted by Crippen LogP contribution is 2.39. The summed E-state index contributed by atoms with van der Waals surface area (Å²) in [6.07, 6.45) is 2.00. The van der Waals surface area contributed by atoms with Crippen LogP contribution in [-0.2, 0) is 0 Å². The molecule has 5 aromatic carbocycles. The first-order valence-corrected chi connectivity index (χ1v) is 12.1. The molecule has 0 saturated heterocycles. The molecule has 3 aromatic heterocycles. The van der Waals surface area contributed by atoms with Gasteiger partial charge >= 0.3 is 0 Å². The molecule has 0 amide bonds. The van der Waals surface area contributed by atoms with Gasteiger partial charge in [0.05, 0.1) is 11.0 Å². The second-order valence-electron chi connectivity index (χ2n) is 9.22. The van der Waals surface area contributed by atoms with Gasteiger partial charge in [0, 0.05) is 38.8 Å². The lowest BCUT2D eigenvalue weighted by Gasteiger charge is -2.11. The maximum Gasteiger partial charge on any atom is 0.161 e. The number of hydrogen-bond acceptors (Lipinski definition) is 2. The Balaban J connectivity index is 1.46. The first-order valence-electron chi connectivity index (χ1n) is 12.1. The quantitative estimate of drug-likeness (QED) is 0.258. The fraction of sp³-hybridized carbons (Fsp3) is 0. The van der Waals surface area contributed by atoms with Crippen LogP contribution in [0.3, 0.4) is 0 Å². The fourth-order valence-corrected chi connectivity index (χ4v) is 5.59. The van der Waals surface area contributed by atoms with Crippen LogP contribution < -0.4 is 0 Å². The molecule has 3 heteroatoms. The molecule has 0 atom stereocenters. The average molecular weight is 461 g/mol. The van der Waals surface area contributed by atoms with Gasteiger partial charge < -0.3 is 8.98 Å². The van der Waals surface area contributed by atoms with Crippen LogP contribution in [0.4, 0.5) is 0 Å². The molecule has 0 spiro atoms. The first-order chi connectivity index (χ1) is 17.9. The number of benzene rings is 5. The van der Waals surface area contributed by atoms with Gasteiger partial charge in [0.15, 0.2) is 5.58 Å². The molecule has 8 aromatic rings. The SMILES string of the molecule is c1ccc(-c2ccc(-n3c4ccccc4c4cnc5c(ccc6c7ccccc7oc65)c43)cc2)cc1. The van der Waals surface area contributed by atoms with Gasteiger partial charge in [-0.3, -0.25) is 4.98 Å². The van der Waals surface area contributed by atoms with Crippen molar-refractivity contribution in [2.75, 3.05) is 0 Å². The van der Waals surface area contributed by atoms with Crippen LogP contribution in [-0.4, -0.2) is 9.55 Å². The number of para-hydroxylation sites is 2. The number of furan rings is 1. The van der Waals surface area contributed by atoms with Crippen LogP contribution in [0.2, 0.25) is 0 Å². The monoisotopic (exact) mass is 460 g/mol. The summed E-state index contributed by atoms with van der Waals surface area (Å²) >= 11 is 0. The van der Waals surface area contributed by atoms with Crippen molar-refractivity contribution in [3.05, 3.63) is 121 Å². The van der Waals surface area contributed by atoms with Gasteiger partial charge in [-0.25, -0.2) is 0 Å².